The molecule has 2 N–H and O–H groups in total. The average Bonchev–Trinajstić information content (AvgIpc) is 2.57. The fourth-order valence-electron chi connectivity index (χ4n) is 3.36. The summed E-state index contributed by atoms with van der Waals surface area (Å²) in [6.45, 7) is 3.90. The van der Waals surface area contributed by atoms with Crippen molar-refractivity contribution in [3.63, 3.8) is 0 Å². The fourth-order valence-corrected chi connectivity index (χ4v) is 3.36. The van der Waals surface area contributed by atoms with Crippen LogP contribution in [0.5, 0.6) is 0 Å². The Morgan fingerprint density at radius 3 is 2.81 bits per heavy atom. The molecule has 1 amide bonds. The maximum Gasteiger partial charge on any atom is 0.224 e. The number of hydrogen-bond donors (Lipinski definition) is 2. The summed E-state index contributed by atoms with van der Waals surface area (Å²) >= 11 is 0. The Balaban J connectivity index is 1.55. The number of rotatable bonds is 3. The van der Waals surface area contributed by atoms with Crippen LogP contribution in [0.15, 0.2) is 30.3 Å². The second-order valence-corrected chi connectivity index (χ2v) is 6.17. The Bertz CT molecular complexity index is 456. The van der Waals surface area contributed by atoms with Gasteiger partial charge in [0.15, 0.2) is 0 Å². The minimum atomic E-state index is 0.158. The second kappa shape index (κ2) is 6.94. The molecule has 21 heavy (non-hydrogen) atoms. The van der Waals surface area contributed by atoms with Gasteiger partial charge in [0.05, 0.1) is 5.92 Å². The first kappa shape index (κ1) is 14.4. The summed E-state index contributed by atoms with van der Waals surface area (Å²) in [5.41, 5.74) is 1.26. The zero-order valence-corrected chi connectivity index (χ0v) is 12.6. The number of nitrogens with zero attached hydrogens (tertiary/aromatic N) is 1. The molecular formula is C17H25N3O. The van der Waals surface area contributed by atoms with Crippen molar-refractivity contribution < 1.29 is 4.79 Å². The molecule has 0 aliphatic carbocycles. The zero-order chi connectivity index (χ0) is 14.5. The van der Waals surface area contributed by atoms with Crippen molar-refractivity contribution in [3.05, 3.63) is 30.3 Å². The highest BCUT2D eigenvalue weighted by Gasteiger charge is 2.26. The fraction of sp³-hybridized carbons (Fsp3) is 0.588. The standard InChI is InChI=1S/C17H25N3O/c21-17(14-6-4-10-18-12-14)19-15-7-5-11-20(13-15)16-8-2-1-3-9-16/h1-3,8-9,14-15,18H,4-7,10-13H2,(H,19,21). The van der Waals surface area contributed by atoms with Gasteiger partial charge in [-0.1, -0.05) is 18.2 Å². The van der Waals surface area contributed by atoms with Crippen LogP contribution in [-0.4, -0.2) is 38.1 Å². The largest absolute Gasteiger partial charge is 0.369 e. The van der Waals surface area contributed by atoms with Gasteiger partial charge in [0.1, 0.15) is 0 Å². The van der Waals surface area contributed by atoms with E-state index in [0.717, 1.165) is 51.9 Å². The predicted molar refractivity (Wildman–Crippen MR) is 85.4 cm³/mol. The second-order valence-electron chi connectivity index (χ2n) is 6.17. The van der Waals surface area contributed by atoms with Crippen molar-refractivity contribution in [2.45, 2.75) is 31.7 Å². The van der Waals surface area contributed by atoms with Crippen LogP contribution in [0.4, 0.5) is 5.69 Å². The van der Waals surface area contributed by atoms with E-state index < -0.39 is 0 Å². The molecule has 2 saturated heterocycles. The lowest BCUT2D eigenvalue weighted by atomic mass is 9.97. The van der Waals surface area contributed by atoms with Crippen molar-refractivity contribution >= 4 is 11.6 Å². The van der Waals surface area contributed by atoms with Crippen LogP contribution in [0.3, 0.4) is 0 Å². The van der Waals surface area contributed by atoms with Gasteiger partial charge in [-0.15, -0.1) is 0 Å². The van der Waals surface area contributed by atoms with Gasteiger partial charge in [-0.2, -0.15) is 0 Å². The van der Waals surface area contributed by atoms with Crippen LogP contribution in [-0.2, 0) is 4.79 Å². The maximum atomic E-state index is 12.3. The van der Waals surface area contributed by atoms with Crippen LogP contribution in [0, 0.1) is 5.92 Å². The maximum absolute atomic E-state index is 12.3. The van der Waals surface area contributed by atoms with Gasteiger partial charge < -0.3 is 15.5 Å². The first-order valence-electron chi connectivity index (χ1n) is 8.14. The van der Waals surface area contributed by atoms with Crippen molar-refractivity contribution in [1.82, 2.24) is 10.6 Å². The van der Waals surface area contributed by atoms with Crippen molar-refractivity contribution in [3.8, 4) is 0 Å². The van der Waals surface area contributed by atoms with Gasteiger partial charge >= 0.3 is 0 Å². The van der Waals surface area contributed by atoms with E-state index in [1.54, 1.807) is 0 Å². The molecule has 0 spiro atoms. The topological polar surface area (TPSA) is 44.4 Å². The molecule has 2 fully saturated rings. The number of carbonyl (C=O) groups excluding carboxylic acids is 1. The Hall–Kier alpha value is -1.55. The number of benzene rings is 1. The van der Waals surface area contributed by atoms with E-state index in [4.69, 9.17) is 0 Å². The Morgan fingerprint density at radius 1 is 1.19 bits per heavy atom. The molecule has 0 radical (unpaired) electrons. The molecule has 2 heterocycles. The third-order valence-electron chi connectivity index (χ3n) is 4.56. The molecule has 2 aliphatic heterocycles. The molecular weight excluding hydrogens is 262 g/mol. The van der Waals surface area contributed by atoms with Crippen molar-refractivity contribution in [2.24, 2.45) is 5.92 Å². The molecule has 0 bridgehead atoms. The number of hydrogen-bond acceptors (Lipinski definition) is 3. The summed E-state index contributed by atoms with van der Waals surface area (Å²) < 4.78 is 0. The number of amides is 1. The average molecular weight is 287 g/mol. The highest BCUT2D eigenvalue weighted by Crippen LogP contribution is 2.20. The summed E-state index contributed by atoms with van der Waals surface area (Å²) in [7, 11) is 0. The minimum absolute atomic E-state index is 0.158. The number of para-hydroxylation sites is 1. The summed E-state index contributed by atoms with van der Waals surface area (Å²) in [5.74, 6) is 0.396. The summed E-state index contributed by atoms with van der Waals surface area (Å²) in [5, 5.41) is 6.58. The van der Waals surface area contributed by atoms with Crippen LogP contribution >= 0.6 is 0 Å². The van der Waals surface area contributed by atoms with Gasteiger partial charge in [-0.3, -0.25) is 4.79 Å². The quantitative estimate of drug-likeness (QED) is 0.890. The third kappa shape index (κ3) is 3.76. The van der Waals surface area contributed by atoms with Crippen LogP contribution in [0.2, 0.25) is 0 Å². The Morgan fingerprint density at radius 2 is 2.05 bits per heavy atom. The van der Waals surface area contributed by atoms with Crippen LogP contribution in [0.25, 0.3) is 0 Å². The summed E-state index contributed by atoms with van der Waals surface area (Å²) in [6, 6.07) is 10.8. The van der Waals surface area contributed by atoms with Gasteiger partial charge in [-0.25, -0.2) is 0 Å². The lowest BCUT2D eigenvalue weighted by molar-refractivity contribution is -0.126. The molecule has 0 aromatic heterocycles. The Kier molecular flexibility index (Phi) is 4.76. The summed E-state index contributed by atoms with van der Waals surface area (Å²) in [6.07, 6.45) is 4.37. The van der Waals surface area contributed by atoms with Gasteiger partial charge in [0.25, 0.3) is 0 Å². The first-order chi connectivity index (χ1) is 10.3. The number of piperidine rings is 2. The van der Waals surface area contributed by atoms with Crippen LogP contribution < -0.4 is 15.5 Å². The van der Waals surface area contributed by atoms with E-state index in [0.29, 0.717) is 0 Å². The molecule has 114 valence electrons. The lowest BCUT2D eigenvalue weighted by Crippen LogP contribution is -2.51. The van der Waals surface area contributed by atoms with Gasteiger partial charge in [-0.05, 0) is 44.4 Å². The van der Waals surface area contributed by atoms with Gasteiger partial charge in [0, 0.05) is 31.4 Å². The molecule has 4 nitrogen and oxygen atoms in total. The smallest absolute Gasteiger partial charge is 0.224 e. The molecule has 4 heteroatoms. The molecule has 1 aromatic rings. The van der Waals surface area contributed by atoms with E-state index in [-0.39, 0.29) is 17.9 Å². The Labute approximate surface area is 126 Å². The highest BCUT2D eigenvalue weighted by molar-refractivity contribution is 5.79. The van der Waals surface area contributed by atoms with Gasteiger partial charge in [0.2, 0.25) is 5.91 Å². The highest BCUT2D eigenvalue weighted by atomic mass is 16.2. The molecule has 2 atom stereocenters. The van der Waals surface area contributed by atoms with Crippen LogP contribution in [0.1, 0.15) is 25.7 Å². The molecule has 1 aromatic carbocycles. The third-order valence-corrected chi connectivity index (χ3v) is 4.56. The first-order valence-corrected chi connectivity index (χ1v) is 8.14. The number of nitrogens with one attached hydrogen (secondary N) is 2. The molecule has 0 saturated carbocycles. The van der Waals surface area contributed by atoms with Crippen molar-refractivity contribution in [2.75, 3.05) is 31.1 Å². The normalized spacial score (nSPS) is 26.4. The molecule has 2 unspecified atom stereocenters. The SMILES string of the molecule is O=C(NC1CCCN(c2ccccc2)C1)C1CCCNC1. The monoisotopic (exact) mass is 287 g/mol. The van der Waals surface area contributed by atoms with E-state index >= 15 is 0 Å². The predicted octanol–water partition coefficient (Wildman–Crippen LogP) is 1.77. The lowest BCUT2D eigenvalue weighted by Gasteiger charge is -2.35. The number of anilines is 1. The van der Waals surface area contributed by atoms with E-state index in [2.05, 4.69) is 39.8 Å². The van der Waals surface area contributed by atoms with E-state index in [1.807, 2.05) is 6.07 Å². The van der Waals surface area contributed by atoms with Crippen molar-refractivity contribution in [1.29, 1.82) is 0 Å². The molecule has 2 aliphatic rings. The summed E-state index contributed by atoms with van der Waals surface area (Å²) in [4.78, 5) is 14.7. The van der Waals surface area contributed by atoms with E-state index in [1.165, 1.54) is 5.69 Å². The van der Waals surface area contributed by atoms with E-state index in [9.17, 15) is 4.79 Å². The molecule has 3 rings (SSSR count). The minimum Gasteiger partial charge on any atom is -0.369 e. The zero-order valence-electron chi connectivity index (χ0n) is 12.6. The number of carbonyl (C=O) groups is 1.